The summed E-state index contributed by atoms with van der Waals surface area (Å²) in [7, 11) is 0. The van der Waals surface area contributed by atoms with Crippen LogP contribution in [0.15, 0.2) is 102 Å². The van der Waals surface area contributed by atoms with Crippen LogP contribution in [0.4, 0.5) is 21.0 Å². The monoisotopic (exact) mass is 583 g/mol. The van der Waals surface area contributed by atoms with E-state index in [0.29, 0.717) is 16.9 Å². The topological polar surface area (TPSA) is 120 Å². The van der Waals surface area contributed by atoms with Crippen molar-refractivity contribution in [3.8, 4) is 0 Å². The van der Waals surface area contributed by atoms with E-state index >= 15 is 0 Å². The average Bonchev–Trinajstić information content (AvgIpc) is 2.99. The molecule has 43 heavy (non-hydrogen) atoms. The molecule has 0 aliphatic carbocycles. The molecule has 3 N–H and O–H groups in total. The Morgan fingerprint density at radius 2 is 1.33 bits per heavy atom. The second-order valence-electron chi connectivity index (χ2n) is 9.77. The lowest BCUT2D eigenvalue weighted by molar-refractivity contribution is -0.894. The first-order valence-electron chi connectivity index (χ1n) is 14.1. The summed E-state index contributed by atoms with van der Waals surface area (Å²) < 4.78 is 0. The molecule has 2 fully saturated rings. The number of carbonyl (C=O) groups excluding carboxylic acids is 5. The molecule has 0 radical (unpaired) electrons. The minimum atomic E-state index is -0.926. The third-order valence-electron chi connectivity index (χ3n) is 6.97. The summed E-state index contributed by atoms with van der Waals surface area (Å²) in [5.41, 5.74) is 1.06. The normalized spacial score (nSPS) is 18.7. The van der Waals surface area contributed by atoms with E-state index in [-0.39, 0.29) is 11.3 Å². The van der Waals surface area contributed by atoms with Crippen molar-refractivity contribution in [2.75, 3.05) is 29.4 Å². The van der Waals surface area contributed by atoms with Gasteiger partial charge in [-0.25, -0.2) is 19.4 Å². The van der Waals surface area contributed by atoms with Gasteiger partial charge in [0.05, 0.1) is 36.9 Å². The fraction of sp³-hybridized carbons (Fsp3) is 0.242. The number of benzene rings is 2. The Balaban J connectivity index is 0.000000646. The third-order valence-corrected chi connectivity index (χ3v) is 6.97. The number of barbiturate groups is 1. The number of amides is 7. The molecule has 2 heterocycles. The van der Waals surface area contributed by atoms with Crippen molar-refractivity contribution >= 4 is 41.2 Å². The molecule has 4 rings (SSSR count). The molecule has 2 saturated heterocycles. The van der Waals surface area contributed by atoms with Gasteiger partial charge in [0.2, 0.25) is 5.91 Å². The van der Waals surface area contributed by atoms with E-state index in [2.05, 4.69) is 31.4 Å². The summed E-state index contributed by atoms with van der Waals surface area (Å²) in [5.74, 6) is -3.02. The van der Waals surface area contributed by atoms with Crippen LogP contribution in [0, 0.1) is 12.5 Å². The number of allylic oxidation sites excluding steroid dienone is 4. The van der Waals surface area contributed by atoms with Crippen molar-refractivity contribution in [3.63, 3.8) is 0 Å². The Morgan fingerprint density at radius 1 is 0.814 bits per heavy atom. The van der Waals surface area contributed by atoms with Crippen molar-refractivity contribution in [2.45, 2.75) is 27.7 Å². The van der Waals surface area contributed by atoms with Crippen LogP contribution in [0.2, 0.25) is 0 Å². The third kappa shape index (κ3) is 8.02. The van der Waals surface area contributed by atoms with Gasteiger partial charge < -0.3 is 16.8 Å². The second kappa shape index (κ2) is 15.2. The number of quaternary nitrogens is 1. The smallest absolute Gasteiger partial charge is 0.335 e. The highest BCUT2D eigenvalue weighted by molar-refractivity contribution is 6.37. The van der Waals surface area contributed by atoms with Gasteiger partial charge in [-0.3, -0.25) is 19.7 Å². The molecule has 2 aromatic rings. The molecular formula is C33H37N5O5. The Kier molecular flexibility index (Phi) is 11.5. The van der Waals surface area contributed by atoms with Gasteiger partial charge in [0.15, 0.2) is 0 Å². The number of imide groups is 3. The molecule has 10 nitrogen and oxygen atoms in total. The fourth-order valence-corrected chi connectivity index (χ4v) is 4.39. The van der Waals surface area contributed by atoms with E-state index in [4.69, 9.17) is 6.58 Å². The quantitative estimate of drug-likeness (QED) is 0.191. The molecular weight excluding hydrogens is 546 g/mol. The van der Waals surface area contributed by atoms with Crippen molar-refractivity contribution in [1.82, 2.24) is 10.6 Å². The number of anilines is 2. The summed E-state index contributed by atoms with van der Waals surface area (Å²) >= 11 is 0. The minimum absolute atomic E-state index is 0.0153. The zero-order valence-electron chi connectivity index (χ0n) is 24.8. The van der Waals surface area contributed by atoms with Crippen LogP contribution in [-0.2, 0) is 14.4 Å². The van der Waals surface area contributed by atoms with Crippen LogP contribution in [-0.4, -0.2) is 49.4 Å². The fourth-order valence-electron chi connectivity index (χ4n) is 4.39. The molecule has 0 aromatic heterocycles. The van der Waals surface area contributed by atoms with E-state index in [0.717, 1.165) is 9.80 Å². The molecule has 1 unspecified atom stereocenters. The average molecular weight is 584 g/mol. The van der Waals surface area contributed by atoms with E-state index in [1.807, 2.05) is 0 Å². The molecule has 2 aliphatic heterocycles. The van der Waals surface area contributed by atoms with E-state index < -0.39 is 35.7 Å². The van der Waals surface area contributed by atoms with E-state index in [9.17, 15) is 24.0 Å². The van der Waals surface area contributed by atoms with Crippen LogP contribution >= 0.6 is 0 Å². The lowest BCUT2D eigenvalue weighted by Crippen LogP contribution is -3.11. The van der Waals surface area contributed by atoms with Gasteiger partial charge in [-0.05, 0) is 58.0 Å². The lowest BCUT2D eigenvalue weighted by atomic mass is 10.00. The Bertz CT molecular complexity index is 1450. The number of rotatable bonds is 8. The van der Waals surface area contributed by atoms with Crippen molar-refractivity contribution in [1.29, 1.82) is 0 Å². The number of hydrogen-bond acceptors (Lipinski definition) is 5. The van der Waals surface area contributed by atoms with Crippen molar-refractivity contribution in [3.05, 3.63) is 108 Å². The molecule has 224 valence electrons. The molecule has 1 atom stereocenters. The van der Waals surface area contributed by atoms with E-state index in [1.54, 1.807) is 78.6 Å². The second-order valence-corrected chi connectivity index (χ2v) is 9.77. The highest BCUT2D eigenvalue weighted by Gasteiger charge is 2.36. The highest BCUT2D eigenvalue weighted by Crippen LogP contribution is 2.25. The molecule has 0 saturated carbocycles. The maximum Gasteiger partial charge on any atom is 0.335 e. The summed E-state index contributed by atoms with van der Waals surface area (Å²) in [6.07, 6.45) is 5.89. The number of hydrogen-bond donors (Lipinski definition) is 3. The summed E-state index contributed by atoms with van der Waals surface area (Å²) in [5, 5.41) is 4.65. The number of para-hydroxylation sites is 2. The molecule has 0 spiro atoms. The van der Waals surface area contributed by atoms with Crippen molar-refractivity contribution < 1.29 is 28.9 Å². The predicted octanol–water partition coefficient (Wildman–Crippen LogP) is 3.32. The van der Waals surface area contributed by atoms with Crippen LogP contribution in [0.1, 0.15) is 27.7 Å². The first-order valence-corrected chi connectivity index (χ1v) is 14.1. The molecule has 7 amide bonds. The lowest BCUT2D eigenvalue weighted by Gasteiger charge is -2.35. The summed E-state index contributed by atoms with van der Waals surface area (Å²) in [6, 6.07) is 15.2. The van der Waals surface area contributed by atoms with Crippen LogP contribution in [0.25, 0.3) is 0 Å². The number of nitrogens with one attached hydrogen (secondary N) is 3. The first kappa shape index (κ1) is 32.4. The summed E-state index contributed by atoms with van der Waals surface area (Å²) in [6.45, 7) is 18.1. The Morgan fingerprint density at radius 3 is 1.84 bits per heavy atom. The van der Waals surface area contributed by atoms with Gasteiger partial charge in [0.1, 0.15) is 5.57 Å². The Hall–Kier alpha value is -5.09. The maximum atomic E-state index is 13.0. The Labute approximate surface area is 252 Å². The van der Waals surface area contributed by atoms with Crippen LogP contribution in [0.5, 0.6) is 0 Å². The van der Waals surface area contributed by atoms with Crippen LogP contribution in [0.3, 0.4) is 0 Å². The van der Waals surface area contributed by atoms with Gasteiger partial charge in [0, 0.05) is 0 Å². The van der Waals surface area contributed by atoms with Gasteiger partial charge in [-0.15, -0.1) is 0 Å². The zero-order chi connectivity index (χ0) is 31.5. The minimum Gasteiger partial charge on any atom is -0.492 e. The SMILES string of the molecule is CC[NH+](CC)CC.[CH-]=C1NC(=O)N(c2ccccc2)C(=O)C1/C=C/C(C)=C/C=C1/C(=O)NC(=O)N(c2ccccc2)C1=O. The van der Waals surface area contributed by atoms with Gasteiger partial charge >= 0.3 is 12.1 Å². The molecule has 0 bridgehead atoms. The van der Waals surface area contributed by atoms with Gasteiger partial charge in [-0.2, -0.15) is 5.70 Å². The van der Waals surface area contributed by atoms with E-state index in [1.165, 1.54) is 37.9 Å². The summed E-state index contributed by atoms with van der Waals surface area (Å²) in [4.78, 5) is 66.3. The number of nitrogens with zero attached hydrogens (tertiary/aromatic N) is 2. The first-order chi connectivity index (χ1) is 20.6. The molecule has 2 aromatic carbocycles. The maximum absolute atomic E-state index is 13.0. The molecule has 10 heteroatoms. The zero-order valence-corrected chi connectivity index (χ0v) is 24.8. The number of carbonyl (C=O) groups is 5. The molecule has 2 aliphatic rings. The van der Waals surface area contributed by atoms with Crippen molar-refractivity contribution in [2.24, 2.45) is 5.92 Å². The standard InChI is InChI=1S/C27H21N4O5.C6H15N/c1-17(13-15-21-18(2)28-26(35)30(24(21)33)19-9-5-3-6-10-19)14-16-22-23(32)29-27(36)31(25(22)34)20-11-7-4-8-12-20;1-4-7(5-2)6-3/h2-16,21H,1H3,(H,28,35)(H,29,32,36);4-6H2,1-3H3/q-1;/p+1/b15-13+,17-14+,22-16-;. The predicted molar refractivity (Wildman–Crippen MR) is 165 cm³/mol. The largest absolute Gasteiger partial charge is 0.492 e. The van der Waals surface area contributed by atoms with Gasteiger partial charge in [-0.1, -0.05) is 60.2 Å². The van der Waals surface area contributed by atoms with Gasteiger partial charge in [0.25, 0.3) is 11.8 Å². The van der Waals surface area contributed by atoms with Crippen LogP contribution < -0.4 is 25.3 Å². The highest BCUT2D eigenvalue weighted by atomic mass is 16.2. The number of urea groups is 2.